The number of hydrogen-bond acceptors (Lipinski definition) is 4. The molecule has 0 radical (unpaired) electrons. The molecule has 7 heteroatoms. The highest BCUT2D eigenvalue weighted by atomic mass is 79.9. The minimum Gasteiger partial charge on any atom is -0.233 e. The van der Waals surface area contributed by atoms with Crippen molar-refractivity contribution in [3.63, 3.8) is 0 Å². The van der Waals surface area contributed by atoms with Crippen molar-refractivity contribution in [3.05, 3.63) is 9.61 Å². The molecule has 1 aromatic heterocycles. The van der Waals surface area contributed by atoms with E-state index in [1.165, 1.54) is 0 Å². The third-order valence-corrected chi connectivity index (χ3v) is 5.19. The molecule has 0 aliphatic heterocycles. The van der Waals surface area contributed by atoms with E-state index in [1.54, 1.807) is 6.92 Å². The first kappa shape index (κ1) is 12.1. The Morgan fingerprint density at radius 1 is 1.57 bits per heavy atom. The lowest BCUT2D eigenvalue weighted by molar-refractivity contribution is 0.582. The molecule has 4 nitrogen and oxygen atoms in total. The highest BCUT2D eigenvalue weighted by molar-refractivity contribution is 9.11. The van der Waals surface area contributed by atoms with Gasteiger partial charge in [-0.25, -0.2) is 18.1 Å². The fourth-order valence-electron chi connectivity index (χ4n) is 0.902. The quantitative estimate of drug-likeness (QED) is 0.924. The minimum atomic E-state index is -3.36. The summed E-state index contributed by atoms with van der Waals surface area (Å²) in [5, 5.41) is 0. The predicted octanol–water partition coefficient (Wildman–Crippen LogP) is 1.90. The first-order valence-electron chi connectivity index (χ1n) is 4.10. The number of aromatic nitrogens is 1. The van der Waals surface area contributed by atoms with Crippen molar-refractivity contribution in [2.45, 2.75) is 24.5 Å². The number of hydrogen-bond donors (Lipinski definition) is 1. The minimum absolute atomic E-state index is 0.290. The monoisotopic (exact) mass is 298 g/mol. The Kier molecular flexibility index (Phi) is 4.05. The average molecular weight is 299 g/mol. The van der Waals surface area contributed by atoms with Crippen molar-refractivity contribution >= 4 is 37.3 Å². The van der Waals surface area contributed by atoms with Gasteiger partial charge in [0.1, 0.15) is 0 Å². The topological polar surface area (TPSA) is 59.1 Å². The van der Waals surface area contributed by atoms with Crippen molar-refractivity contribution in [2.75, 3.05) is 6.54 Å². The van der Waals surface area contributed by atoms with Gasteiger partial charge in [-0.05, 0) is 29.3 Å². The van der Waals surface area contributed by atoms with Gasteiger partial charge in [0.2, 0.25) is 0 Å². The van der Waals surface area contributed by atoms with Gasteiger partial charge in [0, 0.05) is 6.54 Å². The Hall–Kier alpha value is 0.0200. The Balaban J connectivity index is 2.98. The third-order valence-electron chi connectivity index (χ3n) is 1.51. The fraction of sp³-hybridized carbons (Fsp3) is 0.571. The van der Waals surface area contributed by atoms with E-state index in [-0.39, 0.29) is 4.21 Å². The van der Waals surface area contributed by atoms with E-state index in [0.29, 0.717) is 16.2 Å². The third kappa shape index (κ3) is 2.75. The van der Waals surface area contributed by atoms with Crippen LogP contribution in [0.1, 0.15) is 19.0 Å². The number of sulfonamides is 1. The van der Waals surface area contributed by atoms with Crippen LogP contribution in [0, 0.1) is 6.92 Å². The van der Waals surface area contributed by atoms with Crippen LogP contribution in [0.5, 0.6) is 0 Å². The summed E-state index contributed by atoms with van der Waals surface area (Å²) in [7, 11) is -3.36. The van der Waals surface area contributed by atoms with Gasteiger partial charge in [0.05, 0.1) is 5.69 Å². The van der Waals surface area contributed by atoms with Gasteiger partial charge in [-0.2, -0.15) is 0 Å². The van der Waals surface area contributed by atoms with Gasteiger partial charge in [0.25, 0.3) is 10.0 Å². The van der Waals surface area contributed by atoms with Gasteiger partial charge in [-0.15, -0.1) is 0 Å². The van der Waals surface area contributed by atoms with Gasteiger partial charge >= 0.3 is 0 Å². The van der Waals surface area contributed by atoms with E-state index in [0.717, 1.165) is 17.8 Å². The number of rotatable bonds is 4. The van der Waals surface area contributed by atoms with Gasteiger partial charge < -0.3 is 0 Å². The molecule has 0 saturated heterocycles. The lowest BCUT2D eigenvalue weighted by Crippen LogP contribution is -2.24. The molecule has 0 amide bonds. The molecule has 0 atom stereocenters. The number of halogens is 1. The van der Waals surface area contributed by atoms with Gasteiger partial charge in [-0.1, -0.05) is 18.3 Å². The van der Waals surface area contributed by atoms with Gasteiger partial charge in [-0.3, -0.25) is 0 Å². The van der Waals surface area contributed by atoms with Crippen LogP contribution in [0.25, 0.3) is 0 Å². The fourth-order valence-corrected chi connectivity index (χ4v) is 4.39. The zero-order valence-corrected chi connectivity index (χ0v) is 11.1. The molecule has 80 valence electrons. The smallest absolute Gasteiger partial charge is 0.233 e. The summed E-state index contributed by atoms with van der Waals surface area (Å²) in [6.07, 6.45) is 0.776. The van der Waals surface area contributed by atoms with E-state index in [4.69, 9.17) is 0 Å². The first-order valence-corrected chi connectivity index (χ1v) is 7.19. The summed E-state index contributed by atoms with van der Waals surface area (Å²) < 4.78 is 26.7. The highest BCUT2D eigenvalue weighted by Gasteiger charge is 2.20. The van der Waals surface area contributed by atoms with E-state index in [2.05, 4.69) is 25.6 Å². The summed E-state index contributed by atoms with van der Waals surface area (Å²) in [6, 6.07) is 0. The molecule has 0 bridgehead atoms. The summed E-state index contributed by atoms with van der Waals surface area (Å²) in [5.74, 6) is 0. The standard InChI is InChI=1S/C7H11BrN2O2S2/c1-3-4-9-14(11,12)6-5(2)10-7(8)13-6/h9H,3-4H2,1-2H3. The molecule has 1 heterocycles. The Labute approximate surface area is 95.9 Å². The molecular weight excluding hydrogens is 288 g/mol. The summed E-state index contributed by atoms with van der Waals surface area (Å²) in [4.78, 5) is 4.00. The van der Waals surface area contributed by atoms with Gasteiger partial charge in [0.15, 0.2) is 8.13 Å². The largest absolute Gasteiger partial charge is 0.251 e. The number of nitrogens with one attached hydrogen (secondary N) is 1. The number of aryl methyl sites for hydroxylation is 1. The van der Waals surface area contributed by atoms with Crippen molar-refractivity contribution in [1.29, 1.82) is 0 Å². The van der Waals surface area contributed by atoms with E-state index in [1.807, 2.05) is 6.92 Å². The van der Waals surface area contributed by atoms with Crippen LogP contribution in [-0.4, -0.2) is 19.9 Å². The second-order valence-corrected chi connectivity index (χ2v) is 6.97. The van der Waals surface area contributed by atoms with Crippen LogP contribution in [0.3, 0.4) is 0 Å². The maximum atomic E-state index is 11.7. The molecule has 0 aliphatic carbocycles. The number of nitrogens with zero attached hydrogens (tertiary/aromatic N) is 1. The lowest BCUT2D eigenvalue weighted by Gasteiger charge is -2.02. The van der Waals surface area contributed by atoms with E-state index < -0.39 is 10.0 Å². The Bertz CT molecular complexity index is 413. The van der Waals surface area contributed by atoms with Crippen LogP contribution in [0.15, 0.2) is 8.13 Å². The summed E-state index contributed by atoms with van der Waals surface area (Å²) in [6.45, 7) is 4.05. The molecule has 0 unspecified atom stereocenters. The van der Waals surface area contributed by atoms with Crippen LogP contribution in [0.4, 0.5) is 0 Å². The second kappa shape index (κ2) is 4.69. The predicted molar refractivity (Wildman–Crippen MR) is 60.0 cm³/mol. The van der Waals surface area contributed by atoms with Crippen LogP contribution in [-0.2, 0) is 10.0 Å². The molecule has 1 N–H and O–H groups in total. The Morgan fingerprint density at radius 3 is 2.64 bits per heavy atom. The zero-order chi connectivity index (χ0) is 10.8. The Morgan fingerprint density at radius 2 is 2.21 bits per heavy atom. The molecule has 0 aliphatic rings. The molecule has 1 aromatic rings. The molecule has 0 aromatic carbocycles. The molecule has 0 fully saturated rings. The average Bonchev–Trinajstić information content (AvgIpc) is 2.42. The van der Waals surface area contributed by atoms with Crippen LogP contribution in [0.2, 0.25) is 0 Å². The molecule has 1 rings (SSSR count). The number of thiazole rings is 1. The normalized spacial score (nSPS) is 11.9. The lowest BCUT2D eigenvalue weighted by atomic mass is 10.5. The molecule has 14 heavy (non-hydrogen) atoms. The molecular formula is C7H11BrN2O2S2. The van der Waals surface area contributed by atoms with Crippen molar-refractivity contribution in [1.82, 2.24) is 9.71 Å². The maximum Gasteiger partial charge on any atom is 0.251 e. The second-order valence-electron chi connectivity index (χ2n) is 2.74. The molecule has 0 spiro atoms. The summed E-state index contributed by atoms with van der Waals surface area (Å²) >= 11 is 4.29. The first-order chi connectivity index (χ1) is 6.47. The van der Waals surface area contributed by atoms with Crippen molar-refractivity contribution in [2.24, 2.45) is 0 Å². The molecule has 0 saturated carbocycles. The van der Waals surface area contributed by atoms with Crippen LogP contribution >= 0.6 is 27.3 Å². The summed E-state index contributed by atoms with van der Waals surface area (Å²) in [5.41, 5.74) is 0.533. The SMILES string of the molecule is CCCNS(=O)(=O)c1sc(Br)nc1C. The van der Waals surface area contributed by atoms with E-state index in [9.17, 15) is 8.42 Å². The van der Waals surface area contributed by atoms with Crippen molar-refractivity contribution < 1.29 is 8.42 Å². The highest BCUT2D eigenvalue weighted by Crippen LogP contribution is 2.26. The van der Waals surface area contributed by atoms with Crippen molar-refractivity contribution in [3.8, 4) is 0 Å². The van der Waals surface area contributed by atoms with Crippen LogP contribution < -0.4 is 4.72 Å². The van der Waals surface area contributed by atoms with E-state index >= 15 is 0 Å². The zero-order valence-electron chi connectivity index (χ0n) is 7.87. The maximum absolute atomic E-state index is 11.7.